The maximum absolute atomic E-state index is 11.4. The molecule has 0 spiro atoms. The Labute approximate surface area is 85.7 Å². The highest BCUT2D eigenvalue weighted by atomic mass is 16.2. The summed E-state index contributed by atoms with van der Waals surface area (Å²) in [5.41, 5.74) is 0.774. The van der Waals surface area contributed by atoms with Gasteiger partial charge < -0.3 is 4.90 Å². The Balaban J connectivity index is 2.41. The number of hydrogen-bond donors (Lipinski definition) is 0. The van der Waals surface area contributed by atoms with E-state index in [0.29, 0.717) is 17.5 Å². The molecule has 0 unspecified atom stereocenters. The number of ketones is 1. The molecule has 1 saturated heterocycles. The lowest BCUT2D eigenvalue weighted by Gasteiger charge is -2.15. The van der Waals surface area contributed by atoms with Gasteiger partial charge in [0.25, 0.3) is 0 Å². The van der Waals surface area contributed by atoms with Crippen LogP contribution in [-0.4, -0.2) is 29.5 Å². The molecule has 0 atom stereocenters. The number of amides is 1. The van der Waals surface area contributed by atoms with Gasteiger partial charge in [0, 0.05) is 12.4 Å². The molecular formula is C10H8N2O3. The smallest absolute Gasteiger partial charge is 0.234 e. The third-order valence-corrected chi connectivity index (χ3v) is 2.23. The van der Waals surface area contributed by atoms with E-state index in [-0.39, 0.29) is 24.7 Å². The summed E-state index contributed by atoms with van der Waals surface area (Å²) in [6.45, 7) is 0.0453. The summed E-state index contributed by atoms with van der Waals surface area (Å²) in [6, 6.07) is 1.56. The van der Waals surface area contributed by atoms with Crippen molar-refractivity contribution < 1.29 is 14.4 Å². The largest absolute Gasteiger partial charge is 0.304 e. The van der Waals surface area contributed by atoms with Crippen LogP contribution in [0.3, 0.4) is 0 Å². The minimum Gasteiger partial charge on any atom is -0.304 e. The number of carbonyl (C=O) groups is 3. The topological polar surface area (TPSA) is 67.3 Å². The molecule has 15 heavy (non-hydrogen) atoms. The third kappa shape index (κ3) is 1.63. The lowest BCUT2D eigenvalue weighted by Crippen LogP contribution is -2.25. The molecule has 1 aromatic heterocycles. The van der Waals surface area contributed by atoms with Gasteiger partial charge in [0.1, 0.15) is 0 Å². The molecule has 2 heterocycles. The second-order valence-corrected chi connectivity index (χ2v) is 3.25. The van der Waals surface area contributed by atoms with Crippen LogP contribution in [-0.2, 0) is 9.59 Å². The number of Topliss-reactive ketones (excluding diaryl/α,β-unsaturated/α-hetero) is 1. The summed E-state index contributed by atoms with van der Waals surface area (Å²) in [7, 11) is 0. The minimum absolute atomic E-state index is 0.0453. The van der Waals surface area contributed by atoms with Crippen LogP contribution in [0, 0.1) is 0 Å². The minimum atomic E-state index is -0.269. The highest BCUT2D eigenvalue weighted by molar-refractivity contribution is 6.16. The predicted octanol–water partition coefficient (Wildman–Crippen LogP) is 0.200. The van der Waals surface area contributed by atoms with Crippen LogP contribution in [0.25, 0.3) is 0 Å². The van der Waals surface area contributed by atoms with Crippen LogP contribution >= 0.6 is 0 Å². The van der Waals surface area contributed by atoms with Gasteiger partial charge in [-0.1, -0.05) is 0 Å². The third-order valence-electron chi connectivity index (χ3n) is 2.23. The van der Waals surface area contributed by atoms with Crippen molar-refractivity contribution in [3.8, 4) is 0 Å². The summed E-state index contributed by atoms with van der Waals surface area (Å²) in [6.07, 6.45) is 3.40. The zero-order chi connectivity index (χ0) is 10.8. The van der Waals surface area contributed by atoms with Crippen molar-refractivity contribution in [1.82, 2.24) is 4.98 Å². The van der Waals surface area contributed by atoms with Crippen molar-refractivity contribution in [3.63, 3.8) is 0 Å². The summed E-state index contributed by atoms with van der Waals surface area (Å²) >= 11 is 0. The molecule has 5 nitrogen and oxygen atoms in total. The Kier molecular flexibility index (Phi) is 2.29. The average Bonchev–Trinajstić information content (AvgIpc) is 2.57. The van der Waals surface area contributed by atoms with E-state index < -0.39 is 0 Å². The fourth-order valence-corrected chi connectivity index (χ4v) is 1.54. The summed E-state index contributed by atoms with van der Waals surface area (Å²) < 4.78 is 0. The first-order chi connectivity index (χ1) is 7.22. The van der Waals surface area contributed by atoms with Crippen molar-refractivity contribution in [2.45, 2.75) is 6.42 Å². The van der Waals surface area contributed by atoms with Crippen molar-refractivity contribution >= 4 is 23.7 Å². The Morgan fingerprint density at radius 1 is 1.40 bits per heavy atom. The number of nitrogens with zero attached hydrogens (tertiary/aromatic N) is 2. The second-order valence-electron chi connectivity index (χ2n) is 3.25. The molecule has 1 aliphatic rings. The summed E-state index contributed by atoms with van der Waals surface area (Å²) in [5.74, 6) is -0.400. The Morgan fingerprint density at radius 2 is 2.20 bits per heavy atom. The molecule has 1 amide bonds. The molecule has 0 aliphatic carbocycles. The Morgan fingerprint density at radius 3 is 2.80 bits per heavy atom. The molecule has 5 heteroatoms. The molecule has 0 radical (unpaired) electrons. The zero-order valence-electron chi connectivity index (χ0n) is 7.84. The number of carbonyl (C=O) groups excluding carboxylic acids is 3. The number of anilines is 1. The predicted molar refractivity (Wildman–Crippen MR) is 51.6 cm³/mol. The van der Waals surface area contributed by atoms with E-state index in [1.807, 2.05) is 0 Å². The number of aromatic nitrogens is 1. The molecule has 2 rings (SSSR count). The highest BCUT2D eigenvalue weighted by Gasteiger charge is 2.29. The van der Waals surface area contributed by atoms with E-state index in [0.717, 1.165) is 0 Å². The van der Waals surface area contributed by atoms with Gasteiger partial charge in [0.2, 0.25) is 5.91 Å². The normalized spacial score (nSPS) is 15.9. The van der Waals surface area contributed by atoms with Gasteiger partial charge in [0.05, 0.1) is 24.2 Å². The molecule has 0 N–H and O–H groups in total. The average molecular weight is 204 g/mol. The molecular weight excluding hydrogens is 196 g/mol. The van der Waals surface area contributed by atoms with Crippen LogP contribution in [0.5, 0.6) is 0 Å². The fourth-order valence-electron chi connectivity index (χ4n) is 1.54. The number of pyridine rings is 1. The molecule has 0 bridgehead atoms. The summed E-state index contributed by atoms with van der Waals surface area (Å²) in [5, 5.41) is 0. The van der Waals surface area contributed by atoms with E-state index in [2.05, 4.69) is 4.98 Å². The van der Waals surface area contributed by atoms with Crippen LogP contribution < -0.4 is 4.90 Å². The highest BCUT2D eigenvalue weighted by Crippen LogP contribution is 2.21. The van der Waals surface area contributed by atoms with Gasteiger partial charge in [-0.25, -0.2) is 0 Å². The van der Waals surface area contributed by atoms with E-state index in [1.54, 1.807) is 6.07 Å². The summed E-state index contributed by atoms with van der Waals surface area (Å²) in [4.78, 5) is 38.3. The second kappa shape index (κ2) is 3.61. The van der Waals surface area contributed by atoms with Gasteiger partial charge in [-0.05, 0) is 6.07 Å². The van der Waals surface area contributed by atoms with Crippen LogP contribution in [0.4, 0.5) is 5.69 Å². The van der Waals surface area contributed by atoms with Gasteiger partial charge >= 0.3 is 0 Å². The van der Waals surface area contributed by atoms with Crippen molar-refractivity contribution in [3.05, 3.63) is 24.0 Å². The van der Waals surface area contributed by atoms with Crippen molar-refractivity contribution in [1.29, 1.82) is 0 Å². The molecule has 1 fully saturated rings. The standard InChI is InChI=1S/C10H8N2O3/c13-6-7-4-11-2-1-9(7)12-5-8(14)3-10(12)15/h1-2,4,6H,3,5H2. The van der Waals surface area contributed by atoms with Crippen molar-refractivity contribution in [2.75, 3.05) is 11.4 Å². The van der Waals surface area contributed by atoms with Gasteiger partial charge in [-0.15, -0.1) is 0 Å². The van der Waals surface area contributed by atoms with Gasteiger partial charge in [0.15, 0.2) is 12.1 Å². The van der Waals surface area contributed by atoms with Gasteiger partial charge in [-0.2, -0.15) is 0 Å². The Bertz CT molecular complexity index is 442. The molecule has 1 aromatic rings. The maximum atomic E-state index is 11.4. The lowest BCUT2D eigenvalue weighted by atomic mass is 10.2. The van der Waals surface area contributed by atoms with E-state index in [1.165, 1.54) is 17.3 Å². The molecule has 1 aliphatic heterocycles. The zero-order valence-corrected chi connectivity index (χ0v) is 7.84. The van der Waals surface area contributed by atoms with E-state index in [9.17, 15) is 14.4 Å². The SMILES string of the molecule is O=Cc1cnccc1N1CC(=O)CC1=O. The number of hydrogen-bond acceptors (Lipinski definition) is 4. The molecule has 76 valence electrons. The first-order valence-electron chi connectivity index (χ1n) is 4.43. The quantitative estimate of drug-likeness (QED) is 0.509. The van der Waals surface area contributed by atoms with E-state index in [4.69, 9.17) is 0 Å². The van der Waals surface area contributed by atoms with E-state index >= 15 is 0 Å². The van der Waals surface area contributed by atoms with Gasteiger partial charge in [-0.3, -0.25) is 19.4 Å². The van der Waals surface area contributed by atoms with Crippen molar-refractivity contribution in [2.24, 2.45) is 0 Å². The lowest BCUT2D eigenvalue weighted by molar-refractivity contribution is -0.121. The first-order valence-corrected chi connectivity index (χ1v) is 4.43. The number of aldehydes is 1. The maximum Gasteiger partial charge on any atom is 0.234 e. The van der Waals surface area contributed by atoms with Crippen LogP contribution in [0.2, 0.25) is 0 Å². The molecule has 0 saturated carbocycles. The number of rotatable bonds is 2. The fraction of sp³-hybridized carbons (Fsp3) is 0.200. The molecule has 0 aromatic carbocycles. The monoisotopic (exact) mass is 204 g/mol. The van der Waals surface area contributed by atoms with Crippen LogP contribution in [0.1, 0.15) is 16.8 Å². The van der Waals surface area contributed by atoms with Crippen LogP contribution in [0.15, 0.2) is 18.5 Å². The first kappa shape index (κ1) is 9.51. The Hall–Kier alpha value is -2.04.